The lowest BCUT2D eigenvalue weighted by Crippen LogP contribution is -2.16. The molecule has 3 rings (SSSR count). The number of carbonyl (C=O) groups excluding carboxylic acids is 1. The van der Waals surface area contributed by atoms with Crippen molar-refractivity contribution in [3.05, 3.63) is 56.5 Å². The van der Waals surface area contributed by atoms with Crippen molar-refractivity contribution in [2.75, 3.05) is 16.9 Å². The molecule has 6 nitrogen and oxygen atoms in total. The third kappa shape index (κ3) is 4.80. The number of amides is 1. The summed E-state index contributed by atoms with van der Waals surface area (Å²) in [6.45, 7) is 0. The van der Waals surface area contributed by atoms with Crippen molar-refractivity contribution < 1.29 is 4.79 Å². The van der Waals surface area contributed by atoms with E-state index in [1.807, 2.05) is 0 Å². The number of rotatable bonds is 5. The minimum absolute atomic E-state index is 0.0803. The molecule has 1 amide bonds. The maximum absolute atomic E-state index is 12.1. The molecule has 0 aliphatic rings. The van der Waals surface area contributed by atoms with Gasteiger partial charge in [-0.3, -0.25) is 4.79 Å². The quantitative estimate of drug-likeness (QED) is 0.411. The second-order valence-corrected chi connectivity index (χ2v) is 7.84. The Labute approximate surface area is 178 Å². The summed E-state index contributed by atoms with van der Waals surface area (Å²) in [5.74, 6) is 6.26. The molecule has 0 aliphatic heterocycles. The molecule has 0 unspecified atom stereocenters. The van der Waals surface area contributed by atoms with Gasteiger partial charge in [0.15, 0.2) is 5.82 Å². The predicted molar refractivity (Wildman–Crippen MR) is 111 cm³/mol. The fourth-order valence-corrected chi connectivity index (χ4v) is 3.36. The van der Waals surface area contributed by atoms with Gasteiger partial charge in [-0.1, -0.05) is 58.2 Å². The number of nitrogens with zero attached hydrogens (tertiary/aromatic N) is 3. The van der Waals surface area contributed by atoms with Crippen LogP contribution in [0.3, 0.4) is 0 Å². The first-order valence-corrected chi connectivity index (χ1v) is 9.88. The first-order valence-electron chi connectivity index (χ1n) is 7.39. The van der Waals surface area contributed by atoms with Crippen LogP contribution in [0.5, 0.6) is 0 Å². The van der Waals surface area contributed by atoms with Gasteiger partial charge in [-0.25, -0.2) is 4.68 Å². The highest BCUT2D eigenvalue weighted by Crippen LogP contribution is 2.29. The number of benzene rings is 2. The zero-order chi connectivity index (χ0) is 19.6. The van der Waals surface area contributed by atoms with E-state index in [4.69, 9.17) is 52.2 Å². The second-order valence-electron chi connectivity index (χ2n) is 5.27. The van der Waals surface area contributed by atoms with Crippen molar-refractivity contribution in [3.8, 4) is 11.4 Å². The number of thioether (sulfide) groups is 1. The summed E-state index contributed by atoms with van der Waals surface area (Å²) in [6.07, 6.45) is 0. The first-order chi connectivity index (χ1) is 12.8. The zero-order valence-corrected chi connectivity index (χ0v) is 17.3. The fourth-order valence-electron chi connectivity index (χ4n) is 2.11. The van der Waals surface area contributed by atoms with Gasteiger partial charge in [0.1, 0.15) is 0 Å². The Kier molecular flexibility index (Phi) is 6.39. The van der Waals surface area contributed by atoms with Crippen LogP contribution < -0.4 is 11.2 Å². The minimum atomic E-state index is -0.252. The van der Waals surface area contributed by atoms with E-state index in [0.29, 0.717) is 42.3 Å². The summed E-state index contributed by atoms with van der Waals surface area (Å²) in [6, 6.07) is 9.85. The molecule has 27 heavy (non-hydrogen) atoms. The van der Waals surface area contributed by atoms with Crippen LogP contribution in [0.25, 0.3) is 11.4 Å². The molecule has 0 bridgehead atoms. The molecule has 0 radical (unpaired) electrons. The smallest absolute Gasteiger partial charge is 0.234 e. The predicted octanol–water partition coefficient (Wildman–Crippen LogP) is 5.00. The van der Waals surface area contributed by atoms with Gasteiger partial charge in [-0.15, -0.1) is 10.2 Å². The number of nitrogens with one attached hydrogen (secondary N) is 1. The highest BCUT2D eigenvalue weighted by atomic mass is 35.5. The normalized spacial score (nSPS) is 10.8. The first kappa shape index (κ1) is 20.1. The summed E-state index contributed by atoms with van der Waals surface area (Å²) < 4.78 is 1.29. The van der Waals surface area contributed by atoms with E-state index < -0.39 is 0 Å². The van der Waals surface area contributed by atoms with Gasteiger partial charge >= 0.3 is 0 Å². The Morgan fingerprint density at radius 1 is 1.00 bits per heavy atom. The SMILES string of the molecule is Nn1c(SCC(=O)Nc2ccc(Cl)c(Cl)c2)nnc1-c1ccc(Cl)c(Cl)c1. The third-order valence-electron chi connectivity index (χ3n) is 3.38. The Morgan fingerprint density at radius 2 is 1.67 bits per heavy atom. The highest BCUT2D eigenvalue weighted by Gasteiger charge is 2.15. The van der Waals surface area contributed by atoms with E-state index >= 15 is 0 Å². The van der Waals surface area contributed by atoms with Crippen molar-refractivity contribution in [2.24, 2.45) is 0 Å². The molecule has 0 spiro atoms. The average molecular weight is 463 g/mol. The van der Waals surface area contributed by atoms with Crippen LogP contribution in [0.2, 0.25) is 20.1 Å². The Morgan fingerprint density at radius 3 is 2.33 bits per heavy atom. The minimum Gasteiger partial charge on any atom is -0.335 e. The molecule has 2 aromatic carbocycles. The second kappa shape index (κ2) is 8.58. The topological polar surface area (TPSA) is 85.8 Å². The van der Waals surface area contributed by atoms with Gasteiger partial charge in [0.2, 0.25) is 11.1 Å². The molecule has 0 saturated heterocycles. The number of halogens is 4. The molecule has 0 atom stereocenters. The lowest BCUT2D eigenvalue weighted by molar-refractivity contribution is -0.113. The standard InChI is InChI=1S/C16H11Cl4N5OS/c17-10-3-1-8(5-12(10)19)15-23-24-16(25(15)21)27-7-14(26)22-9-2-4-11(18)13(20)6-9/h1-6H,7,21H2,(H,22,26). The summed E-state index contributed by atoms with van der Waals surface area (Å²) in [5.41, 5.74) is 1.20. The monoisotopic (exact) mass is 461 g/mol. The van der Waals surface area contributed by atoms with Gasteiger partial charge in [0.05, 0.1) is 25.8 Å². The van der Waals surface area contributed by atoms with Crippen LogP contribution >= 0.6 is 58.2 Å². The van der Waals surface area contributed by atoms with Crippen molar-refractivity contribution in [1.82, 2.24) is 14.9 Å². The summed E-state index contributed by atoms with van der Waals surface area (Å²) >= 11 is 24.8. The largest absolute Gasteiger partial charge is 0.335 e. The van der Waals surface area contributed by atoms with Gasteiger partial charge in [-0.05, 0) is 36.4 Å². The number of nitrogen functional groups attached to an aromatic ring is 1. The summed E-state index contributed by atoms with van der Waals surface area (Å²) in [5, 5.41) is 12.7. The van der Waals surface area contributed by atoms with E-state index in [9.17, 15) is 4.79 Å². The molecular weight excluding hydrogens is 452 g/mol. The lowest BCUT2D eigenvalue weighted by atomic mass is 10.2. The number of hydrogen-bond donors (Lipinski definition) is 2. The van der Waals surface area contributed by atoms with Crippen LogP contribution in [-0.4, -0.2) is 26.5 Å². The van der Waals surface area contributed by atoms with Crippen molar-refractivity contribution in [3.63, 3.8) is 0 Å². The lowest BCUT2D eigenvalue weighted by Gasteiger charge is -2.07. The van der Waals surface area contributed by atoms with Crippen LogP contribution in [-0.2, 0) is 4.79 Å². The molecule has 1 aromatic heterocycles. The van der Waals surface area contributed by atoms with E-state index in [2.05, 4.69) is 15.5 Å². The third-order valence-corrected chi connectivity index (χ3v) is 5.80. The number of nitrogens with two attached hydrogens (primary N) is 1. The van der Waals surface area contributed by atoms with E-state index in [-0.39, 0.29) is 11.7 Å². The Hall–Kier alpha value is -1.64. The Balaban J connectivity index is 1.66. The number of anilines is 1. The molecule has 140 valence electrons. The van der Waals surface area contributed by atoms with Crippen LogP contribution in [0.4, 0.5) is 5.69 Å². The molecule has 3 aromatic rings. The molecule has 11 heteroatoms. The van der Waals surface area contributed by atoms with E-state index in [0.717, 1.165) is 11.8 Å². The fraction of sp³-hybridized carbons (Fsp3) is 0.0625. The summed E-state index contributed by atoms with van der Waals surface area (Å²) in [4.78, 5) is 12.1. The molecule has 0 saturated carbocycles. The molecular formula is C16H11Cl4N5OS. The number of hydrogen-bond acceptors (Lipinski definition) is 5. The van der Waals surface area contributed by atoms with Crippen LogP contribution in [0.1, 0.15) is 0 Å². The number of aromatic nitrogens is 3. The average Bonchev–Trinajstić information content (AvgIpc) is 2.99. The maximum atomic E-state index is 12.1. The van der Waals surface area contributed by atoms with Crippen LogP contribution in [0, 0.1) is 0 Å². The van der Waals surface area contributed by atoms with Gasteiger partial charge in [0.25, 0.3) is 0 Å². The van der Waals surface area contributed by atoms with Gasteiger partial charge in [-0.2, -0.15) is 0 Å². The van der Waals surface area contributed by atoms with Crippen molar-refractivity contribution in [1.29, 1.82) is 0 Å². The zero-order valence-electron chi connectivity index (χ0n) is 13.4. The molecule has 3 N–H and O–H groups in total. The van der Waals surface area contributed by atoms with Crippen molar-refractivity contribution >= 4 is 69.8 Å². The summed E-state index contributed by atoms with van der Waals surface area (Å²) in [7, 11) is 0. The van der Waals surface area contributed by atoms with Gasteiger partial charge < -0.3 is 11.2 Å². The Bertz CT molecular complexity index is 1010. The molecule has 0 fully saturated rings. The molecule has 0 aliphatic carbocycles. The molecule has 1 heterocycles. The maximum Gasteiger partial charge on any atom is 0.234 e. The van der Waals surface area contributed by atoms with E-state index in [1.54, 1.807) is 36.4 Å². The van der Waals surface area contributed by atoms with Crippen LogP contribution in [0.15, 0.2) is 41.6 Å². The van der Waals surface area contributed by atoms with Gasteiger partial charge in [0, 0.05) is 11.3 Å². The van der Waals surface area contributed by atoms with Crippen molar-refractivity contribution in [2.45, 2.75) is 5.16 Å². The van der Waals surface area contributed by atoms with E-state index in [1.165, 1.54) is 4.68 Å². The highest BCUT2D eigenvalue weighted by molar-refractivity contribution is 7.99. The number of carbonyl (C=O) groups is 1.